The second-order valence-electron chi connectivity index (χ2n) is 3.55. The quantitative estimate of drug-likeness (QED) is 0.875. The standard InChI is InChI=1S/C11H12N2O2S2/c1-7-9(10(14)15)17-11(13-7)12-4-2-8-3-5-16-6-8/h3,5-6H,2,4H2,1H3,(H,12,13)(H,14,15). The molecule has 2 aromatic rings. The van der Waals surface area contributed by atoms with Crippen LogP contribution in [0.5, 0.6) is 0 Å². The Hall–Kier alpha value is -1.40. The van der Waals surface area contributed by atoms with E-state index in [1.54, 1.807) is 18.3 Å². The number of nitrogens with one attached hydrogen (secondary N) is 1. The summed E-state index contributed by atoms with van der Waals surface area (Å²) in [4.78, 5) is 15.3. The molecule has 2 rings (SSSR count). The van der Waals surface area contributed by atoms with E-state index < -0.39 is 5.97 Å². The summed E-state index contributed by atoms with van der Waals surface area (Å²) in [6.45, 7) is 2.48. The molecule has 0 aliphatic carbocycles. The molecule has 4 nitrogen and oxygen atoms in total. The number of thiophene rings is 1. The minimum atomic E-state index is -0.911. The molecule has 0 radical (unpaired) electrons. The number of rotatable bonds is 5. The molecule has 0 saturated heterocycles. The van der Waals surface area contributed by atoms with Gasteiger partial charge in [-0.3, -0.25) is 0 Å². The molecule has 2 N–H and O–H groups in total. The van der Waals surface area contributed by atoms with Gasteiger partial charge in [0.05, 0.1) is 5.69 Å². The summed E-state index contributed by atoms with van der Waals surface area (Å²) in [7, 11) is 0. The van der Waals surface area contributed by atoms with E-state index in [2.05, 4.69) is 21.7 Å². The molecular weight excluding hydrogens is 256 g/mol. The van der Waals surface area contributed by atoms with Crippen molar-refractivity contribution in [3.63, 3.8) is 0 Å². The van der Waals surface area contributed by atoms with Gasteiger partial charge in [0, 0.05) is 6.54 Å². The Labute approximate surface area is 107 Å². The molecule has 2 aromatic heterocycles. The number of thiazole rings is 1. The average Bonchev–Trinajstić information content (AvgIpc) is 2.88. The van der Waals surface area contributed by atoms with E-state index in [1.165, 1.54) is 16.9 Å². The lowest BCUT2D eigenvalue weighted by Crippen LogP contribution is -2.03. The van der Waals surface area contributed by atoms with Crippen LogP contribution in [0.1, 0.15) is 20.9 Å². The van der Waals surface area contributed by atoms with Gasteiger partial charge in [-0.1, -0.05) is 11.3 Å². The molecule has 90 valence electrons. The third-order valence-electron chi connectivity index (χ3n) is 2.26. The van der Waals surface area contributed by atoms with Gasteiger partial charge in [0.2, 0.25) is 0 Å². The van der Waals surface area contributed by atoms with Crippen LogP contribution in [-0.4, -0.2) is 22.6 Å². The van der Waals surface area contributed by atoms with Crippen molar-refractivity contribution in [2.75, 3.05) is 11.9 Å². The Morgan fingerprint density at radius 1 is 1.59 bits per heavy atom. The van der Waals surface area contributed by atoms with E-state index in [-0.39, 0.29) is 0 Å². The molecule has 0 aliphatic rings. The smallest absolute Gasteiger partial charge is 0.347 e. The number of aromatic nitrogens is 1. The van der Waals surface area contributed by atoms with Gasteiger partial charge in [0.15, 0.2) is 5.13 Å². The van der Waals surface area contributed by atoms with E-state index in [9.17, 15) is 4.79 Å². The predicted molar refractivity (Wildman–Crippen MR) is 70.3 cm³/mol. The van der Waals surface area contributed by atoms with Crippen molar-refractivity contribution in [3.8, 4) is 0 Å². The van der Waals surface area contributed by atoms with Crippen LogP contribution in [0.3, 0.4) is 0 Å². The fourth-order valence-electron chi connectivity index (χ4n) is 1.42. The van der Waals surface area contributed by atoms with Crippen molar-refractivity contribution in [2.45, 2.75) is 13.3 Å². The molecule has 0 bridgehead atoms. The van der Waals surface area contributed by atoms with Crippen molar-refractivity contribution in [2.24, 2.45) is 0 Å². The third-order valence-corrected chi connectivity index (χ3v) is 4.10. The molecule has 0 aliphatic heterocycles. The fourth-order valence-corrected chi connectivity index (χ4v) is 2.95. The van der Waals surface area contributed by atoms with Crippen LogP contribution in [-0.2, 0) is 6.42 Å². The van der Waals surface area contributed by atoms with Crippen LogP contribution in [0.25, 0.3) is 0 Å². The molecule has 0 amide bonds. The molecule has 6 heteroatoms. The highest BCUT2D eigenvalue weighted by molar-refractivity contribution is 7.17. The van der Waals surface area contributed by atoms with Gasteiger partial charge in [-0.05, 0) is 35.7 Å². The molecular formula is C11H12N2O2S2. The zero-order valence-corrected chi connectivity index (χ0v) is 10.9. The number of hydrogen-bond acceptors (Lipinski definition) is 5. The van der Waals surface area contributed by atoms with Crippen molar-refractivity contribution in [1.82, 2.24) is 4.98 Å². The minimum Gasteiger partial charge on any atom is -0.477 e. The zero-order chi connectivity index (χ0) is 12.3. The highest BCUT2D eigenvalue weighted by Crippen LogP contribution is 2.22. The van der Waals surface area contributed by atoms with E-state index in [4.69, 9.17) is 5.11 Å². The van der Waals surface area contributed by atoms with Crippen LogP contribution in [0.15, 0.2) is 16.8 Å². The monoisotopic (exact) mass is 268 g/mol. The van der Waals surface area contributed by atoms with Crippen LogP contribution < -0.4 is 5.32 Å². The predicted octanol–water partition coefficient (Wildman–Crippen LogP) is 2.87. The number of carboxylic acids is 1. The molecule has 0 unspecified atom stereocenters. The first-order valence-electron chi connectivity index (χ1n) is 5.12. The van der Waals surface area contributed by atoms with Gasteiger partial charge < -0.3 is 10.4 Å². The number of carbonyl (C=O) groups is 1. The van der Waals surface area contributed by atoms with Crippen molar-refractivity contribution >= 4 is 33.8 Å². The van der Waals surface area contributed by atoms with Crippen LogP contribution >= 0.6 is 22.7 Å². The van der Waals surface area contributed by atoms with E-state index in [1.807, 2.05) is 5.38 Å². The number of hydrogen-bond donors (Lipinski definition) is 2. The lowest BCUT2D eigenvalue weighted by atomic mass is 10.2. The van der Waals surface area contributed by atoms with Gasteiger partial charge in [-0.15, -0.1) is 0 Å². The summed E-state index contributed by atoms with van der Waals surface area (Å²) in [5.74, 6) is -0.911. The van der Waals surface area contributed by atoms with Gasteiger partial charge in [0.25, 0.3) is 0 Å². The first-order valence-corrected chi connectivity index (χ1v) is 6.88. The Kier molecular flexibility index (Phi) is 3.75. The lowest BCUT2D eigenvalue weighted by molar-refractivity contribution is 0.0701. The number of nitrogens with zero attached hydrogens (tertiary/aromatic N) is 1. The highest BCUT2D eigenvalue weighted by atomic mass is 32.1. The SMILES string of the molecule is Cc1nc(NCCc2ccsc2)sc1C(=O)O. The summed E-state index contributed by atoms with van der Waals surface area (Å²) in [6, 6.07) is 2.09. The second-order valence-corrected chi connectivity index (χ2v) is 5.33. The Morgan fingerprint density at radius 3 is 3.00 bits per heavy atom. The molecule has 0 fully saturated rings. The van der Waals surface area contributed by atoms with Crippen molar-refractivity contribution in [3.05, 3.63) is 33.0 Å². The Balaban J connectivity index is 1.91. The van der Waals surface area contributed by atoms with Gasteiger partial charge in [-0.2, -0.15) is 11.3 Å². The van der Waals surface area contributed by atoms with E-state index in [0.717, 1.165) is 13.0 Å². The number of anilines is 1. The summed E-state index contributed by atoms with van der Waals surface area (Å²) < 4.78 is 0. The maximum atomic E-state index is 10.8. The largest absolute Gasteiger partial charge is 0.477 e. The molecule has 0 aromatic carbocycles. The van der Waals surface area contributed by atoms with Gasteiger partial charge >= 0.3 is 5.97 Å². The first kappa shape index (κ1) is 12.1. The van der Waals surface area contributed by atoms with Crippen LogP contribution in [0, 0.1) is 6.92 Å². The molecule has 2 heterocycles. The lowest BCUT2D eigenvalue weighted by Gasteiger charge is -1.99. The van der Waals surface area contributed by atoms with Crippen molar-refractivity contribution < 1.29 is 9.90 Å². The second kappa shape index (κ2) is 5.29. The maximum Gasteiger partial charge on any atom is 0.347 e. The zero-order valence-electron chi connectivity index (χ0n) is 9.27. The summed E-state index contributed by atoms with van der Waals surface area (Å²) >= 11 is 2.86. The van der Waals surface area contributed by atoms with Gasteiger partial charge in [0.1, 0.15) is 4.88 Å². The maximum absolute atomic E-state index is 10.8. The summed E-state index contributed by atoms with van der Waals surface area (Å²) in [5, 5.41) is 16.9. The Bertz CT molecular complexity index is 506. The first-order chi connectivity index (χ1) is 8.16. The summed E-state index contributed by atoms with van der Waals surface area (Å²) in [6.07, 6.45) is 0.921. The molecule has 0 spiro atoms. The van der Waals surface area contributed by atoms with Crippen LogP contribution in [0.4, 0.5) is 5.13 Å². The number of aryl methyl sites for hydroxylation is 1. The van der Waals surface area contributed by atoms with Crippen LogP contribution in [0.2, 0.25) is 0 Å². The summed E-state index contributed by atoms with van der Waals surface area (Å²) in [5.41, 5.74) is 1.86. The van der Waals surface area contributed by atoms with E-state index in [0.29, 0.717) is 15.7 Å². The number of carboxylic acid groups (broad SMARTS) is 1. The molecule has 0 saturated carbocycles. The van der Waals surface area contributed by atoms with Gasteiger partial charge in [-0.25, -0.2) is 9.78 Å². The molecule has 0 atom stereocenters. The normalized spacial score (nSPS) is 10.4. The molecule has 17 heavy (non-hydrogen) atoms. The Morgan fingerprint density at radius 2 is 2.41 bits per heavy atom. The third kappa shape index (κ3) is 3.04. The van der Waals surface area contributed by atoms with Crippen molar-refractivity contribution in [1.29, 1.82) is 0 Å². The van der Waals surface area contributed by atoms with E-state index >= 15 is 0 Å². The minimum absolute atomic E-state index is 0.308. The average molecular weight is 268 g/mol. The number of aromatic carboxylic acids is 1. The highest BCUT2D eigenvalue weighted by Gasteiger charge is 2.13. The fraction of sp³-hybridized carbons (Fsp3) is 0.273. The topological polar surface area (TPSA) is 62.2 Å².